The normalized spacial score (nSPS) is 20.3. The fourth-order valence-electron chi connectivity index (χ4n) is 3.80. The van der Waals surface area contributed by atoms with Crippen molar-refractivity contribution >= 4 is 0 Å². The zero-order chi connectivity index (χ0) is 13.6. The smallest absolute Gasteiger partial charge is 0.0362 e. The largest absolute Gasteiger partial charge is 0.315 e. The number of rotatable bonds is 8. The Morgan fingerprint density at radius 1 is 1.28 bits per heavy atom. The molecule has 1 saturated carbocycles. The molecular weight excluding hydrogens is 220 g/mol. The summed E-state index contributed by atoms with van der Waals surface area (Å²) in [4.78, 5) is 2.69. The van der Waals surface area contributed by atoms with Crippen LogP contribution in [0.2, 0.25) is 0 Å². The van der Waals surface area contributed by atoms with E-state index in [9.17, 15) is 0 Å². The maximum atomic E-state index is 4.05. The van der Waals surface area contributed by atoms with E-state index in [1.165, 1.54) is 50.8 Å². The Morgan fingerprint density at radius 2 is 1.83 bits per heavy atom. The van der Waals surface area contributed by atoms with Gasteiger partial charge in [0.2, 0.25) is 0 Å². The van der Waals surface area contributed by atoms with Crippen molar-refractivity contribution in [3.63, 3.8) is 0 Å². The maximum Gasteiger partial charge on any atom is 0.0362 e. The highest BCUT2D eigenvalue weighted by molar-refractivity contribution is 5.04. The van der Waals surface area contributed by atoms with Crippen LogP contribution in [-0.4, -0.2) is 36.6 Å². The summed E-state index contributed by atoms with van der Waals surface area (Å²) in [7, 11) is 2.13. The Bertz CT molecular complexity index is 250. The lowest BCUT2D eigenvalue weighted by Gasteiger charge is -2.46. The molecule has 106 valence electrons. The molecule has 1 rings (SSSR count). The third-order valence-electron chi connectivity index (χ3n) is 4.72. The van der Waals surface area contributed by atoms with E-state index in [1.54, 1.807) is 0 Å². The van der Waals surface area contributed by atoms with Crippen molar-refractivity contribution in [3.8, 4) is 0 Å². The van der Waals surface area contributed by atoms with Crippen LogP contribution in [0.15, 0.2) is 12.2 Å². The van der Waals surface area contributed by atoms with Gasteiger partial charge in [-0.25, -0.2) is 0 Å². The van der Waals surface area contributed by atoms with Gasteiger partial charge in [-0.2, -0.15) is 0 Å². The van der Waals surface area contributed by atoms with Crippen LogP contribution in [0.25, 0.3) is 0 Å². The summed E-state index contributed by atoms with van der Waals surface area (Å²) in [6.07, 6.45) is 7.87. The van der Waals surface area contributed by atoms with Crippen LogP contribution in [0.4, 0.5) is 0 Å². The molecule has 0 aromatic rings. The van der Waals surface area contributed by atoms with Crippen molar-refractivity contribution in [2.45, 2.75) is 70.9 Å². The van der Waals surface area contributed by atoms with Crippen LogP contribution < -0.4 is 5.32 Å². The molecule has 1 aliphatic rings. The Kier molecular flexibility index (Phi) is 6.37. The fraction of sp³-hybridized carbons (Fsp3) is 0.875. The summed E-state index contributed by atoms with van der Waals surface area (Å²) in [5, 5.41) is 3.61. The highest BCUT2D eigenvalue weighted by Crippen LogP contribution is 2.39. The van der Waals surface area contributed by atoms with Crippen molar-refractivity contribution in [2.24, 2.45) is 0 Å². The summed E-state index contributed by atoms with van der Waals surface area (Å²) in [6, 6.07) is 0.608. The lowest BCUT2D eigenvalue weighted by atomic mass is 9.82. The molecule has 1 atom stereocenters. The summed E-state index contributed by atoms with van der Waals surface area (Å²) >= 11 is 0. The molecule has 0 radical (unpaired) electrons. The van der Waals surface area contributed by atoms with E-state index in [1.807, 2.05) is 0 Å². The number of nitrogens with zero attached hydrogens (tertiary/aromatic N) is 1. The third kappa shape index (κ3) is 3.36. The lowest BCUT2D eigenvalue weighted by molar-refractivity contribution is 0.0627. The molecule has 1 N–H and O–H groups in total. The van der Waals surface area contributed by atoms with Gasteiger partial charge >= 0.3 is 0 Å². The van der Waals surface area contributed by atoms with E-state index in [2.05, 4.69) is 44.6 Å². The predicted molar refractivity (Wildman–Crippen MR) is 81.0 cm³/mol. The first-order valence-electron chi connectivity index (χ1n) is 7.67. The minimum absolute atomic E-state index is 0.397. The Labute approximate surface area is 114 Å². The van der Waals surface area contributed by atoms with E-state index in [4.69, 9.17) is 0 Å². The molecule has 18 heavy (non-hydrogen) atoms. The van der Waals surface area contributed by atoms with E-state index in [-0.39, 0.29) is 0 Å². The Hall–Kier alpha value is -0.340. The number of likely N-dealkylation sites (N-methyl/N-ethyl adjacent to an activating group) is 2. The molecule has 0 aromatic carbocycles. The van der Waals surface area contributed by atoms with Crippen molar-refractivity contribution in [3.05, 3.63) is 12.2 Å². The van der Waals surface area contributed by atoms with Gasteiger partial charge in [0.05, 0.1) is 0 Å². The number of nitrogens with one attached hydrogen (secondary N) is 1. The molecule has 0 bridgehead atoms. The summed E-state index contributed by atoms with van der Waals surface area (Å²) in [5.41, 5.74) is 1.70. The summed E-state index contributed by atoms with van der Waals surface area (Å²) in [5.74, 6) is 0. The standard InChI is InChI=1S/C16H32N2/c1-6-18(7-2)16(12-8-9-13-16)15(17-5)11-10-14(3)4/h15,17H,3,6-13H2,1-2,4-5H3. The van der Waals surface area contributed by atoms with Gasteiger partial charge in [0, 0.05) is 11.6 Å². The van der Waals surface area contributed by atoms with Crippen LogP contribution >= 0.6 is 0 Å². The minimum atomic E-state index is 0.397. The van der Waals surface area contributed by atoms with Gasteiger partial charge in [-0.15, -0.1) is 6.58 Å². The van der Waals surface area contributed by atoms with Gasteiger partial charge in [0.15, 0.2) is 0 Å². The number of hydrogen-bond acceptors (Lipinski definition) is 2. The van der Waals surface area contributed by atoms with E-state index < -0.39 is 0 Å². The average Bonchev–Trinajstić information content (AvgIpc) is 2.81. The molecule has 2 nitrogen and oxygen atoms in total. The van der Waals surface area contributed by atoms with Crippen LogP contribution in [0, 0.1) is 0 Å². The van der Waals surface area contributed by atoms with Gasteiger partial charge in [-0.1, -0.05) is 32.3 Å². The quantitative estimate of drug-likeness (QED) is 0.664. The zero-order valence-corrected chi connectivity index (χ0v) is 12.9. The van der Waals surface area contributed by atoms with Crippen LogP contribution in [0.1, 0.15) is 59.3 Å². The molecule has 0 aliphatic heterocycles. The second-order valence-corrected chi connectivity index (χ2v) is 5.82. The molecule has 1 fully saturated rings. The molecule has 0 amide bonds. The molecule has 0 heterocycles. The number of hydrogen-bond donors (Lipinski definition) is 1. The highest BCUT2D eigenvalue weighted by atomic mass is 15.2. The molecule has 0 spiro atoms. The first-order chi connectivity index (χ1) is 8.60. The van der Waals surface area contributed by atoms with E-state index >= 15 is 0 Å². The van der Waals surface area contributed by atoms with Crippen molar-refractivity contribution < 1.29 is 0 Å². The maximum absolute atomic E-state index is 4.05. The van der Waals surface area contributed by atoms with Crippen molar-refractivity contribution in [2.75, 3.05) is 20.1 Å². The average molecular weight is 252 g/mol. The van der Waals surface area contributed by atoms with Gasteiger partial charge in [0.1, 0.15) is 0 Å². The lowest BCUT2D eigenvalue weighted by Crippen LogP contribution is -2.59. The van der Waals surface area contributed by atoms with Crippen molar-refractivity contribution in [1.29, 1.82) is 0 Å². The van der Waals surface area contributed by atoms with Gasteiger partial charge in [0.25, 0.3) is 0 Å². The second-order valence-electron chi connectivity index (χ2n) is 5.82. The number of allylic oxidation sites excluding steroid dienone is 1. The highest BCUT2D eigenvalue weighted by Gasteiger charge is 2.43. The molecular formula is C16H32N2. The van der Waals surface area contributed by atoms with Gasteiger partial charge in [-0.3, -0.25) is 4.90 Å². The summed E-state index contributed by atoms with van der Waals surface area (Å²) in [6.45, 7) is 13.1. The van der Waals surface area contributed by atoms with E-state index in [0.717, 1.165) is 6.42 Å². The molecule has 0 saturated heterocycles. The third-order valence-corrected chi connectivity index (χ3v) is 4.72. The topological polar surface area (TPSA) is 15.3 Å². The van der Waals surface area contributed by atoms with Gasteiger partial charge in [-0.05, 0) is 52.7 Å². The Morgan fingerprint density at radius 3 is 2.22 bits per heavy atom. The Balaban J connectivity index is 2.82. The zero-order valence-electron chi connectivity index (χ0n) is 12.9. The van der Waals surface area contributed by atoms with Crippen LogP contribution in [0.3, 0.4) is 0 Å². The fourth-order valence-corrected chi connectivity index (χ4v) is 3.80. The van der Waals surface area contributed by atoms with E-state index in [0.29, 0.717) is 11.6 Å². The molecule has 1 aliphatic carbocycles. The first-order valence-corrected chi connectivity index (χ1v) is 7.67. The SMILES string of the molecule is C=C(C)CCC(NC)C1(N(CC)CC)CCCC1. The van der Waals surface area contributed by atoms with Crippen molar-refractivity contribution in [1.82, 2.24) is 10.2 Å². The van der Waals surface area contributed by atoms with Gasteiger partial charge < -0.3 is 5.32 Å². The molecule has 0 aromatic heterocycles. The molecule has 2 heteroatoms. The van der Waals surface area contributed by atoms with Crippen LogP contribution in [-0.2, 0) is 0 Å². The molecule has 1 unspecified atom stereocenters. The van der Waals surface area contributed by atoms with Crippen LogP contribution in [0.5, 0.6) is 0 Å². The predicted octanol–water partition coefficient (Wildman–Crippen LogP) is 3.59. The summed E-state index contributed by atoms with van der Waals surface area (Å²) < 4.78 is 0. The first kappa shape index (κ1) is 15.7. The monoisotopic (exact) mass is 252 g/mol. The second kappa shape index (κ2) is 7.30. The minimum Gasteiger partial charge on any atom is -0.315 e.